The first-order chi connectivity index (χ1) is 10.1. The summed E-state index contributed by atoms with van der Waals surface area (Å²) in [7, 11) is 0. The Bertz CT molecular complexity index is 682. The lowest BCUT2D eigenvalue weighted by Gasteiger charge is -2.37. The van der Waals surface area contributed by atoms with E-state index in [0.29, 0.717) is 0 Å². The van der Waals surface area contributed by atoms with Gasteiger partial charge < -0.3 is 9.67 Å². The third-order valence-electron chi connectivity index (χ3n) is 4.76. The first kappa shape index (κ1) is 13.0. The fourth-order valence-electron chi connectivity index (χ4n) is 3.79. The molecule has 0 saturated heterocycles. The average molecular weight is 290 g/mol. The molecule has 0 radical (unpaired) electrons. The van der Waals surface area contributed by atoms with Crippen molar-refractivity contribution in [2.24, 2.45) is 5.92 Å². The lowest BCUT2D eigenvalue weighted by atomic mass is 9.77. The highest BCUT2D eigenvalue weighted by Crippen LogP contribution is 2.49. The van der Waals surface area contributed by atoms with Crippen molar-refractivity contribution in [3.8, 4) is 11.3 Å². The van der Waals surface area contributed by atoms with E-state index in [9.17, 15) is 13.9 Å². The van der Waals surface area contributed by atoms with Crippen LogP contribution in [0.1, 0.15) is 30.9 Å². The Hall–Kier alpha value is -1.75. The summed E-state index contributed by atoms with van der Waals surface area (Å²) < 4.78 is 29.6. The standard InChI is InChI=1S/C16H16F2N2O/c17-16(18)6-5-14(21)12(7-16)15-11-4-2-1-3-10(11)13-8-19-9-20(13)15/h1-4,8-9,12,14-15,21H,5-7H2/t12-,14+,15-/m1/s1. The Kier molecular flexibility index (Phi) is 2.70. The molecule has 1 saturated carbocycles. The Morgan fingerprint density at radius 3 is 2.95 bits per heavy atom. The first-order valence-corrected chi connectivity index (χ1v) is 7.24. The maximum Gasteiger partial charge on any atom is 0.248 e. The molecule has 2 aliphatic rings. The van der Waals surface area contributed by atoms with Crippen molar-refractivity contribution in [3.63, 3.8) is 0 Å². The normalized spacial score (nSPS) is 30.0. The van der Waals surface area contributed by atoms with E-state index in [1.807, 2.05) is 28.8 Å². The molecule has 2 aromatic rings. The smallest absolute Gasteiger partial charge is 0.248 e. The number of halogens is 2. The molecule has 0 amide bonds. The van der Waals surface area contributed by atoms with Gasteiger partial charge in [-0.2, -0.15) is 0 Å². The van der Waals surface area contributed by atoms with E-state index in [0.717, 1.165) is 16.8 Å². The summed E-state index contributed by atoms with van der Waals surface area (Å²) in [6, 6.07) is 7.55. The van der Waals surface area contributed by atoms with Gasteiger partial charge in [0.15, 0.2) is 0 Å². The van der Waals surface area contributed by atoms with Crippen LogP contribution in [0.25, 0.3) is 11.3 Å². The zero-order valence-corrected chi connectivity index (χ0v) is 11.4. The topological polar surface area (TPSA) is 38.1 Å². The van der Waals surface area contributed by atoms with Gasteiger partial charge in [-0.05, 0) is 12.0 Å². The summed E-state index contributed by atoms with van der Waals surface area (Å²) in [4.78, 5) is 4.14. The number of aliphatic hydroxyl groups is 1. The van der Waals surface area contributed by atoms with Crippen molar-refractivity contribution < 1.29 is 13.9 Å². The number of imidazole rings is 1. The summed E-state index contributed by atoms with van der Waals surface area (Å²) in [5.74, 6) is -3.17. The second-order valence-electron chi connectivity index (χ2n) is 6.05. The minimum absolute atomic E-state index is 0.153. The molecular formula is C16H16F2N2O. The van der Waals surface area contributed by atoms with Crippen molar-refractivity contribution >= 4 is 0 Å². The van der Waals surface area contributed by atoms with Gasteiger partial charge in [-0.1, -0.05) is 24.3 Å². The number of rotatable bonds is 1. The number of hydrogen-bond donors (Lipinski definition) is 1. The second kappa shape index (κ2) is 4.37. The molecule has 1 aromatic carbocycles. The zero-order chi connectivity index (χ0) is 14.6. The summed E-state index contributed by atoms with van der Waals surface area (Å²) in [6.45, 7) is 0. The maximum absolute atomic E-state index is 13.8. The van der Waals surface area contributed by atoms with Gasteiger partial charge in [0.25, 0.3) is 0 Å². The van der Waals surface area contributed by atoms with Crippen molar-refractivity contribution in [1.29, 1.82) is 0 Å². The third-order valence-corrected chi connectivity index (χ3v) is 4.76. The van der Waals surface area contributed by atoms with Crippen molar-refractivity contribution in [1.82, 2.24) is 9.55 Å². The molecule has 1 aliphatic carbocycles. The molecule has 2 heterocycles. The van der Waals surface area contributed by atoms with Gasteiger partial charge in [0.1, 0.15) is 0 Å². The Morgan fingerprint density at radius 2 is 2.10 bits per heavy atom. The fraction of sp³-hybridized carbons (Fsp3) is 0.438. The first-order valence-electron chi connectivity index (χ1n) is 7.24. The Labute approximate surface area is 121 Å². The molecule has 110 valence electrons. The lowest BCUT2D eigenvalue weighted by molar-refractivity contribution is -0.0990. The Balaban J connectivity index is 1.82. The van der Waals surface area contributed by atoms with Crippen LogP contribution in [0.2, 0.25) is 0 Å². The highest BCUT2D eigenvalue weighted by atomic mass is 19.3. The minimum atomic E-state index is -2.69. The number of hydrogen-bond acceptors (Lipinski definition) is 2. The largest absolute Gasteiger partial charge is 0.393 e. The predicted octanol–water partition coefficient (Wildman–Crippen LogP) is 3.25. The predicted molar refractivity (Wildman–Crippen MR) is 74.1 cm³/mol. The number of aromatic nitrogens is 2. The molecule has 1 N–H and O–H groups in total. The number of fused-ring (bicyclic) bond motifs is 3. The van der Waals surface area contributed by atoms with Crippen LogP contribution in [0.15, 0.2) is 36.8 Å². The zero-order valence-electron chi connectivity index (χ0n) is 11.4. The van der Waals surface area contributed by atoms with E-state index >= 15 is 0 Å². The van der Waals surface area contributed by atoms with E-state index < -0.39 is 17.9 Å². The molecule has 1 aromatic heterocycles. The minimum Gasteiger partial charge on any atom is -0.393 e. The highest BCUT2D eigenvalue weighted by Gasteiger charge is 2.47. The molecule has 1 fully saturated rings. The summed E-state index contributed by atoms with van der Waals surface area (Å²) in [6.07, 6.45) is 2.39. The van der Waals surface area contributed by atoms with Crippen LogP contribution in [0.4, 0.5) is 8.78 Å². The molecule has 3 atom stereocenters. The van der Waals surface area contributed by atoms with E-state index in [1.165, 1.54) is 0 Å². The highest BCUT2D eigenvalue weighted by molar-refractivity contribution is 5.69. The molecule has 21 heavy (non-hydrogen) atoms. The molecular weight excluding hydrogens is 274 g/mol. The van der Waals surface area contributed by atoms with Crippen LogP contribution in [-0.4, -0.2) is 26.7 Å². The van der Waals surface area contributed by atoms with E-state index in [2.05, 4.69) is 4.98 Å². The Morgan fingerprint density at radius 1 is 1.29 bits per heavy atom. The van der Waals surface area contributed by atoms with Crippen LogP contribution in [-0.2, 0) is 0 Å². The third kappa shape index (κ3) is 1.91. The van der Waals surface area contributed by atoms with E-state index in [1.54, 1.807) is 12.5 Å². The maximum atomic E-state index is 13.8. The second-order valence-corrected chi connectivity index (χ2v) is 6.05. The van der Waals surface area contributed by atoms with E-state index in [4.69, 9.17) is 0 Å². The number of benzene rings is 1. The van der Waals surface area contributed by atoms with Gasteiger partial charge in [0, 0.05) is 24.3 Å². The fourth-order valence-corrected chi connectivity index (χ4v) is 3.79. The molecule has 0 unspecified atom stereocenters. The molecule has 4 rings (SSSR count). The van der Waals surface area contributed by atoms with Crippen molar-refractivity contribution in [3.05, 3.63) is 42.4 Å². The van der Waals surface area contributed by atoms with Crippen LogP contribution < -0.4 is 0 Å². The molecule has 5 heteroatoms. The van der Waals surface area contributed by atoms with Crippen molar-refractivity contribution in [2.45, 2.75) is 37.3 Å². The number of aliphatic hydroxyl groups excluding tert-OH is 1. The lowest BCUT2D eigenvalue weighted by Crippen LogP contribution is -2.40. The van der Waals surface area contributed by atoms with Crippen LogP contribution in [0, 0.1) is 5.92 Å². The van der Waals surface area contributed by atoms with Gasteiger partial charge >= 0.3 is 0 Å². The average Bonchev–Trinajstić information content (AvgIpc) is 3.02. The van der Waals surface area contributed by atoms with Gasteiger partial charge in [-0.15, -0.1) is 0 Å². The van der Waals surface area contributed by atoms with Crippen LogP contribution in [0.5, 0.6) is 0 Å². The van der Waals surface area contributed by atoms with Gasteiger partial charge in [0.2, 0.25) is 5.92 Å². The SMILES string of the molecule is O[C@H]1CCC(F)(F)C[C@H]1[C@H]1c2ccccc2-c2cncn21. The molecule has 3 nitrogen and oxygen atoms in total. The summed E-state index contributed by atoms with van der Waals surface area (Å²) in [5.41, 5.74) is 2.98. The number of nitrogens with zero attached hydrogens (tertiary/aromatic N) is 2. The number of alkyl halides is 2. The van der Waals surface area contributed by atoms with Gasteiger partial charge in [0.05, 0.1) is 30.4 Å². The van der Waals surface area contributed by atoms with E-state index in [-0.39, 0.29) is 25.3 Å². The van der Waals surface area contributed by atoms with Crippen LogP contribution >= 0.6 is 0 Å². The summed E-state index contributed by atoms with van der Waals surface area (Å²) in [5, 5.41) is 10.3. The monoisotopic (exact) mass is 290 g/mol. The van der Waals surface area contributed by atoms with Crippen LogP contribution in [0.3, 0.4) is 0 Å². The molecule has 0 spiro atoms. The molecule has 1 aliphatic heterocycles. The van der Waals surface area contributed by atoms with Gasteiger partial charge in [-0.3, -0.25) is 0 Å². The summed E-state index contributed by atoms with van der Waals surface area (Å²) >= 11 is 0. The van der Waals surface area contributed by atoms with Crippen molar-refractivity contribution in [2.75, 3.05) is 0 Å². The molecule has 0 bridgehead atoms. The quantitative estimate of drug-likeness (QED) is 0.875. The van der Waals surface area contributed by atoms with Gasteiger partial charge in [-0.25, -0.2) is 13.8 Å².